The molecule has 5 nitrogen and oxygen atoms in total. The summed E-state index contributed by atoms with van der Waals surface area (Å²) in [5, 5.41) is 4.26. The molecule has 2 heterocycles. The molecule has 0 aliphatic heterocycles. The molecule has 0 spiro atoms. The van der Waals surface area contributed by atoms with Crippen LogP contribution in [0.25, 0.3) is 105 Å². The number of hydrogen-bond acceptors (Lipinski definition) is 4. The molecular weight excluding hydrogens is 673 g/mol. The maximum atomic E-state index is 7.74. The first-order chi connectivity index (χ1) is 27.2. The Morgan fingerprint density at radius 1 is 0.382 bits per heavy atom. The minimum absolute atomic E-state index is 0.540. The molecule has 10 aromatic rings. The Bertz CT molecular complexity index is 3120. The lowest BCUT2D eigenvalue weighted by atomic mass is 9.96. The van der Waals surface area contributed by atoms with E-state index in [1.165, 1.54) is 11.1 Å². The van der Waals surface area contributed by atoms with E-state index in [-0.39, 0.29) is 0 Å². The summed E-state index contributed by atoms with van der Waals surface area (Å²) in [5.41, 5.74) is 11.1. The lowest BCUT2D eigenvalue weighted by Crippen LogP contribution is -2.00. The van der Waals surface area contributed by atoms with Crippen LogP contribution in [0.3, 0.4) is 0 Å². The molecule has 2 aromatic heterocycles. The Balaban J connectivity index is 1.13. The van der Waals surface area contributed by atoms with E-state index in [9.17, 15) is 0 Å². The molecule has 0 atom stereocenters. The third-order valence-corrected chi connectivity index (χ3v) is 10.2. The standard InChI is InChI=1S/C50H30N4O/c1-51-44-25-8-7-22-40(44)35-18-10-20-37(30-35)48-52-49(54-50(53-48)42-24-11-16-33-15-5-6-21-39(33)42)38-27-28-43-46(31-38)55-45-26-12-23-41(47(43)45)36-19-9-17-34(29-36)32-13-3-2-4-14-32/h2-31H. The third kappa shape index (κ3) is 5.79. The van der Waals surface area contributed by atoms with Gasteiger partial charge in [-0.3, -0.25) is 0 Å². The fourth-order valence-corrected chi connectivity index (χ4v) is 7.52. The Kier molecular flexibility index (Phi) is 7.79. The summed E-state index contributed by atoms with van der Waals surface area (Å²) in [6.07, 6.45) is 0. The van der Waals surface area contributed by atoms with Crippen LogP contribution in [0, 0.1) is 6.57 Å². The smallest absolute Gasteiger partial charge is 0.194 e. The Morgan fingerprint density at radius 3 is 1.82 bits per heavy atom. The number of para-hydroxylation sites is 1. The minimum atomic E-state index is 0.540. The summed E-state index contributed by atoms with van der Waals surface area (Å²) in [4.78, 5) is 19.1. The predicted molar refractivity (Wildman–Crippen MR) is 223 cm³/mol. The van der Waals surface area contributed by atoms with Gasteiger partial charge in [0.05, 0.1) is 6.57 Å². The van der Waals surface area contributed by atoms with Crippen LogP contribution in [-0.4, -0.2) is 15.0 Å². The van der Waals surface area contributed by atoms with Crippen molar-refractivity contribution >= 4 is 38.4 Å². The molecule has 0 saturated heterocycles. The van der Waals surface area contributed by atoms with E-state index in [0.717, 1.165) is 71.7 Å². The van der Waals surface area contributed by atoms with E-state index >= 15 is 0 Å². The largest absolute Gasteiger partial charge is 0.456 e. The van der Waals surface area contributed by atoms with E-state index in [0.29, 0.717) is 23.2 Å². The average molecular weight is 703 g/mol. The molecule has 0 amide bonds. The average Bonchev–Trinajstić information content (AvgIpc) is 3.65. The second-order valence-electron chi connectivity index (χ2n) is 13.5. The summed E-state index contributed by atoms with van der Waals surface area (Å²) in [6.45, 7) is 7.74. The molecule has 0 fully saturated rings. The normalized spacial score (nSPS) is 11.3. The number of fused-ring (bicyclic) bond motifs is 4. The van der Waals surface area contributed by atoms with E-state index in [1.807, 2.05) is 84.9 Å². The molecule has 0 aliphatic rings. The number of furan rings is 1. The zero-order chi connectivity index (χ0) is 36.7. The molecule has 0 radical (unpaired) electrons. The molecule has 10 rings (SSSR count). The molecule has 0 N–H and O–H groups in total. The molecule has 5 heteroatoms. The number of hydrogen-bond donors (Lipinski definition) is 0. The first kappa shape index (κ1) is 32.0. The van der Waals surface area contributed by atoms with Crippen molar-refractivity contribution in [1.82, 2.24) is 15.0 Å². The SMILES string of the molecule is [C-]#[N+]c1ccccc1-c1cccc(-c2nc(-c3ccc4c(c3)oc3cccc(-c5cccc(-c6ccccc6)c5)c34)nc(-c3cccc4ccccc34)n2)c1. The predicted octanol–water partition coefficient (Wildman–Crippen LogP) is 13.5. The maximum absolute atomic E-state index is 7.74. The number of benzene rings is 8. The van der Waals surface area contributed by atoms with Gasteiger partial charge >= 0.3 is 0 Å². The van der Waals surface area contributed by atoms with Crippen LogP contribution < -0.4 is 0 Å². The van der Waals surface area contributed by atoms with Gasteiger partial charge in [0.1, 0.15) is 11.2 Å². The third-order valence-electron chi connectivity index (χ3n) is 10.2. The molecule has 8 aromatic carbocycles. The number of nitrogens with zero attached hydrogens (tertiary/aromatic N) is 4. The van der Waals surface area contributed by atoms with Crippen LogP contribution in [0.4, 0.5) is 5.69 Å². The van der Waals surface area contributed by atoms with Crippen molar-refractivity contribution in [1.29, 1.82) is 0 Å². The molecule has 55 heavy (non-hydrogen) atoms. The fraction of sp³-hybridized carbons (Fsp3) is 0. The Morgan fingerprint density at radius 2 is 0.964 bits per heavy atom. The van der Waals surface area contributed by atoms with Crippen LogP contribution in [0.15, 0.2) is 186 Å². The van der Waals surface area contributed by atoms with Gasteiger partial charge in [0.15, 0.2) is 23.2 Å². The van der Waals surface area contributed by atoms with Crippen LogP contribution >= 0.6 is 0 Å². The highest BCUT2D eigenvalue weighted by molar-refractivity contribution is 6.13. The van der Waals surface area contributed by atoms with Crippen molar-refractivity contribution in [3.8, 4) is 67.5 Å². The number of rotatable bonds is 6. The molecule has 0 bridgehead atoms. The van der Waals surface area contributed by atoms with Gasteiger partial charge < -0.3 is 4.42 Å². The topological polar surface area (TPSA) is 56.2 Å². The lowest BCUT2D eigenvalue weighted by Gasteiger charge is -2.11. The van der Waals surface area contributed by atoms with Gasteiger partial charge in [0, 0.05) is 27.5 Å². The van der Waals surface area contributed by atoms with Crippen LogP contribution in [0.2, 0.25) is 0 Å². The van der Waals surface area contributed by atoms with Gasteiger partial charge in [-0.25, -0.2) is 19.8 Å². The van der Waals surface area contributed by atoms with Crippen molar-refractivity contribution < 1.29 is 4.42 Å². The molecule has 256 valence electrons. The van der Waals surface area contributed by atoms with Crippen molar-refractivity contribution in [3.05, 3.63) is 193 Å². The summed E-state index contributed by atoms with van der Waals surface area (Å²) in [7, 11) is 0. The second-order valence-corrected chi connectivity index (χ2v) is 13.5. The van der Waals surface area contributed by atoms with E-state index < -0.39 is 0 Å². The van der Waals surface area contributed by atoms with E-state index in [1.54, 1.807) is 0 Å². The highest BCUT2D eigenvalue weighted by Crippen LogP contribution is 2.40. The van der Waals surface area contributed by atoms with Crippen molar-refractivity contribution in [2.45, 2.75) is 0 Å². The number of aromatic nitrogens is 3. The first-order valence-corrected chi connectivity index (χ1v) is 18.1. The van der Waals surface area contributed by atoms with Gasteiger partial charge in [-0.1, -0.05) is 152 Å². The van der Waals surface area contributed by atoms with Gasteiger partial charge in [-0.2, -0.15) is 0 Å². The monoisotopic (exact) mass is 702 g/mol. The lowest BCUT2D eigenvalue weighted by molar-refractivity contribution is 0.669. The van der Waals surface area contributed by atoms with Crippen LogP contribution in [-0.2, 0) is 0 Å². The van der Waals surface area contributed by atoms with Crippen molar-refractivity contribution in [3.63, 3.8) is 0 Å². The van der Waals surface area contributed by atoms with Gasteiger partial charge in [-0.05, 0) is 74.5 Å². The van der Waals surface area contributed by atoms with Crippen LogP contribution in [0.1, 0.15) is 0 Å². The van der Waals surface area contributed by atoms with Gasteiger partial charge in [0.25, 0.3) is 0 Å². The van der Waals surface area contributed by atoms with Gasteiger partial charge in [-0.15, -0.1) is 0 Å². The molecule has 0 unspecified atom stereocenters. The summed E-state index contributed by atoms with van der Waals surface area (Å²) < 4.78 is 6.57. The van der Waals surface area contributed by atoms with Crippen molar-refractivity contribution in [2.24, 2.45) is 0 Å². The highest BCUT2D eigenvalue weighted by Gasteiger charge is 2.18. The Hall–Kier alpha value is -7.68. The maximum Gasteiger partial charge on any atom is 0.194 e. The first-order valence-electron chi connectivity index (χ1n) is 18.1. The summed E-state index contributed by atoms with van der Waals surface area (Å²) in [5.74, 6) is 1.66. The van der Waals surface area contributed by atoms with E-state index in [4.69, 9.17) is 25.9 Å². The van der Waals surface area contributed by atoms with Crippen LogP contribution in [0.5, 0.6) is 0 Å². The zero-order valence-electron chi connectivity index (χ0n) is 29.5. The second kappa shape index (κ2) is 13.4. The fourth-order valence-electron chi connectivity index (χ4n) is 7.52. The zero-order valence-corrected chi connectivity index (χ0v) is 29.5. The summed E-state index contributed by atoms with van der Waals surface area (Å²) in [6, 6.07) is 61.8. The molecule has 0 aliphatic carbocycles. The van der Waals surface area contributed by atoms with Crippen molar-refractivity contribution in [2.75, 3.05) is 0 Å². The minimum Gasteiger partial charge on any atom is -0.456 e. The molecular formula is C50H30N4O. The molecule has 0 saturated carbocycles. The Labute approximate surface area is 317 Å². The highest BCUT2D eigenvalue weighted by atomic mass is 16.3. The quantitative estimate of drug-likeness (QED) is 0.162. The van der Waals surface area contributed by atoms with E-state index in [2.05, 4.69) is 102 Å². The summed E-state index contributed by atoms with van der Waals surface area (Å²) >= 11 is 0. The van der Waals surface area contributed by atoms with Gasteiger partial charge in [0.2, 0.25) is 0 Å².